The molecule has 1 N–H and O–H groups in total. The first kappa shape index (κ1) is 13.7. The molecule has 0 aliphatic rings. The van der Waals surface area contributed by atoms with E-state index in [2.05, 4.69) is 59.5 Å². The van der Waals surface area contributed by atoms with Gasteiger partial charge in [-0.1, -0.05) is 29.8 Å². The van der Waals surface area contributed by atoms with Crippen LogP contribution in [0.25, 0.3) is 11.0 Å². The molecule has 0 radical (unpaired) electrons. The molecular formula is C18H19N3. The minimum absolute atomic E-state index is 0.163. The van der Waals surface area contributed by atoms with E-state index in [1.807, 2.05) is 13.1 Å². The Bertz CT molecular complexity index is 780. The van der Waals surface area contributed by atoms with Crippen molar-refractivity contribution >= 4 is 11.0 Å². The van der Waals surface area contributed by atoms with Crippen LogP contribution in [0.15, 0.2) is 48.8 Å². The largest absolute Gasteiger partial charge is 0.309 e. The van der Waals surface area contributed by atoms with E-state index in [-0.39, 0.29) is 6.04 Å². The minimum atomic E-state index is 0.163. The lowest BCUT2D eigenvalue weighted by atomic mass is 9.93. The van der Waals surface area contributed by atoms with Gasteiger partial charge in [-0.2, -0.15) is 0 Å². The average Bonchev–Trinajstić information content (AvgIpc) is 2.51. The van der Waals surface area contributed by atoms with Gasteiger partial charge in [0, 0.05) is 12.4 Å². The number of fused-ring (bicyclic) bond motifs is 1. The molecule has 0 amide bonds. The van der Waals surface area contributed by atoms with Gasteiger partial charge in [0.15, 0.2) is 0 Å². The van der Waals surface area contributed by atoms with Gasteiger partial charge in [0.25, 0.3) is 0 Å². The summed E-state index contributed by atoms with van der Waals surface area (Å²) in [4.78, 5) is 8.73. The second-order valence-corrected chi connectivity index (χ2v) is 5.39. The number of hydrogen-bond acceptors (Lipinski definition) is 3. The van der Waals surface area contributed by atoms with Gasteiger partial charge >= 0.3 is 0 Å². The lowest BCUT2D eigenvalue weighted by Gasteiger charge is -2.20. The van der Waals surface area contributed by atoms with Crippen molar-refractivity contribution in [2.75, 3.05) is 7.05 Å². The lowest BCUT2D eigenvalue weighted by Crippen LogP contribution is -2.18. The fraction of sp³-hybridized carbons (Fsp3) is 0.222. The molecule has 0 saturated carbocycles. The Morgan fingerprint density at radius 2 is 1.67 bits per heavy atom. The van der Waals surface area contributed by atoms with Gasteiger partial charge in [-0.05, 0) is 49.7 Å². The number of benzene rings is 2. The second kappa shape index (κ2) is 5.62. The Hall–Kier alpha value is -2.26. The van der Waals surface area contributed by atoms with Gasteiger partial charge in [-0.15, -0.1) is 0 Å². The Morgan fingerprint density at radius 3 is 2.43 bits per heavy atom. The van der Waals surface area contributed by atoms with E-state index >= 15 is 0 Å². The summed E-state index contributed by atoms with van der Waals surface area (Å²) < 4.78 is 0. The molecule has 3 aromatic rings. The van der Waals surface area contributed by atoms with Crippen LogP contribution in [-0.4, -0.2) is 17.0 Å². The lowest BCUT2D eigenvalue weighted by molar-refractivity contribution is 0.687. The highest BCUT2D eigenvalue weighted by Crippen LogP contribution is 2.27. The summed E-state index contributed by atoms with van der Waals surface area (Å²) in [5.41, 5.74) is 6.94. The fourth-order valence-electron chi connectivity index (χ4n) is 2.73. The summed E-state index contributed by atoms with van der Waals surface area (Å²) in [7, 11) is 1.99. The smallest absolute Gasteiger partial charge is 0.0890 e. The summed E-state index contributed by atoms with van der Waals surface area (Å²) in [6.07, 6.45) is 3.46. The molecule has 3 rings (SSSR count). The topological polar surface area (TPSA) is 37.8 Å². The van der Waals surface area contributed by atoms with Crippen LogP contribution >= 0.6 is 0 Å². The van der Waals surface area contributed by atoms with Gasteiger partial charge in [0.2, 0.25) is 0 Å². The Morgan fingerprint density at radius 1 is 0.905 bits per heavy atom. The van der Waals surface area contributed by atoms with E-state index in [1.54, 1.807) is 12.4 Å². The molecule has 3 heteroatoms. The van der Waals surface area contributed by atoms with E-state index in [0.29, 0.717) is 0 Å². The molecule has 0 fully saturated rings. The molecule has 3 nitrogen and oxygen atoms in total. The first-order chi connectivity index (χ1) is 10.2. The monoisotopic (exact) mass is 277 g/mol. The summed E-state index contributed by atoms with van der Waals surface area (Å²) in [5, 5.41) is 3.42. The van der Waals surface area contributed by atoms with E-state index in [0.717, 1.165) is 11.0 Å². The molecule has 0 saturated heterocycles. The summed E-state index contributed by atoms with van der Waals surface area (Å²) in [6.45, 7) is 4.28. The molecule has 106 valence electrons. The third kappa shape index (κ3) is 2.65. The second-order valence-electron chi connectivity index (χ2n) is 5.39. The van der Waals surface area contributed by atoms with Crippen LogP contribution in [0.4, 0.5) is 0 Å². The summed E-state index contributed by atoms with van der Waals surface area (Å²) >= 11 is 0. The zero-order valence-corrected chi connectivity index (χ0v) is 12.6. The molecular weight excluding hydrogens is 258 g/mol. The first-order valence-corrected chi connectivity index (χ1v) is 7.14. The molecule has 21 heavy (non-hydrogen) atoms. The molecule has 0 bridgehead atoms. The molecule has 2 aromatic carbocycles. The third-order valence-electron chi connectivity index (χ3n) is 3.86. The Kier molecular flexibility index (Phi) is 3.67. The zero-order valence-electron chi connectivity index (χ0n) is 12.6. The minimum Gasteiger partial charge on any atom is -0.309 e. The quantitative estimate of drug-likeness (QED) is 0.795. The van der Waals surface area contributed by atoms with E-state index in [4.69, 9.17) is 0 Å². The maximum Gasteiger partial charge on any atom is 0.0890 e. The molecule has 1 atom stereocenters. The van der Waals surface area contributed by atoms with Crippen LogP contribution in [0, 0.1) is 13.8 Å². The number of rotatable bonds is 3. The summed E-state index contributed by atoms with van der Waals surface area (Å²) in [6, 6.07) is 13.0. The van der Waals surface area contributed by atoms with Crippen molar-refractivity contribution in [3.8, 4) is 0 Å². The van der Waals surface area contributed by atoms with Gasteiger partial charge in [0.05, 0.1) is 17.1 Å². The van der Waals surface area contributed by atoms with Gasteiger partial charge < -0.3 is 5.32 Å². The molecule has 1 heterocycles. The predicted molar refractivity (Wildman–Crippen MR) is 86.4 cm³/mol. The first-order valence-electron chi connectivity index (χ1n) is 7.14. The van der Waals surface area contributed by atoms with Crippen LogP contribution in [0.2, 0.25) is 0 Å². The van der Waals surface area contributed by atoms with Crippen molar-refractivity contribution in [2.24, 2.45) is 0 Å². The van der Waals surface area contributed by atoms with Crippen molar-refractivity contribution in [1.29, 1.82) is 0 Å². The van der Waals surface area contributed by atoms with Crippen LogP contribution in [-0.2, 0) is 0 Å². The van der Waals surface area contributed by atoms with Crippen molar-refractivity contribution in [1.82, 2.24) is 15.3 Å². The number of nitrogens with one attached hydrogen (secondary N) is 1. The maximum atomic E-state index is 4.40. The number of aryl methyl sites for hydroxylation is 2. The van der Waals surface area contributed by atoms with Crippen LogP contribution in [0.1, 0.15) is 28.3 Å². The number of nitrogens with zero attached hydrogens (tertiary/aromatic N) is 2. The average molecular weight is 277 g/mol. The summed E-state index contributed by atoms with van der Waals surface area (Å²) in [5.74, 6) is 0. The van der Waals surface area contributed by atoms with E-state index in [1.165, 1.54) is 22.3 Å². The zero-order chi connectivity index (χ0) is 14.8. The SMILES string of the molecule is CNC(c1ccc2nccnc2c1)c1cc(C)ccc1C. The number of aromatic nitrogens is 2. The standard InChI is InChI=1S/C18H19N3/c1-12-4-5-13(2)15(10-12)18(19-3)14-6-7-16-17(11-14)21-9-8-20-16/h4-11,18-19H,1-3H3. The highest BCUT2D eigenvalue weighted by atomic mass is 14.9. The van der Waals surface area contributed by atoms with Crippen LogP contribution in [0.3, 0.4) is 0 Å². The fourth-order valence-corrected chi connectivity index (χ4v) is 2.73. The maximum absolute atomic E-state index is 4.40. The van der Waals surface area contributed by atoms with Gasteiger partial charge in [-0.3, -0.25) is 9.97 Å². The van der Waals surface area contributed by atoms with Crippen LogP contribution in [0.5, 0.6) is 0 Å². The normalized spacial score (nSPS) is 12.5. The van der Waals surface area contributed by atoms with E-state index in [9.17, 15) is 0 Å². The molecule has 0 aliphatic heterocycles. The molecule has 0 spiro atoms. The highest BCUT2D eigenvalue weighted by Gasteiger charge is 2.15. The third-order valence-corrected chi connectivity index (χ3v) is 3.86. The van der Waals surface area contributed by atoms with Crippen molar-refractivity contribution in [3.63, 3.8) is 0 Å². The van der Waals surface area contributed by atoms with Crippen molar-refractivity contribution in [2.45, 2.75) is 19.9 Å². The van der Waals surface area contributed by atoms with Crippen LogP contribution < -0.4 is 5.32 Å². The highest BCUT2D eigenvalue weighted by molar-refractivity contribution is 5.74. The predicted octanol–water partition coefficient (Wildman–Crippen LogP) is 3.56. The van der Waals surface area contributed by atoms with Crippen molar-refractivity contribution in [3.05, 3.63) is 71.0 Å². The van der Waals surface area contributed by atoms with Gasteiger partial charge in [-0.25, -0.2) is 0 Å². The molecule has 0 aliphatic carbocycles. The van der Waals surface area contributed by atoms with E-state index < -0.39 is 0 Å². The Balaban J connectivity index is 2.11. The van der Waals surface area contributed by atoms with Gasteiger partial charge in [0.1, 0.15) is 0 Å². The van der Waals surface area contributed by atoms with Crippen molar-refractivity contribution < 1.29 is 0 Å². The molecule has 1 unspecified atom stereocenters. The number of hydrogen-bond donors (Lipinski definition) is 1. The molecule has 1 aromatic heterocycles. The Labute approximate surface area is 125 Å².